The predicted molar refractivity (Wildman–Crippen MR) is 93.1 cm³/mol. The van der Waals surface area contributed by atoms with Crippen molar-refractivity contribution in [2.45, 2.75) is 83.1 Å². The maximum atomic E-state index is 3.98. The van der Waals surface area contributed by atoms with Gasteiger partial charge in [0.2, 0.25) is 0 Å². The van der Waals surface area contributed by atoms with Crippen molar-refractivity contribution >= 4 is 8.80 Å². The summed E-state index contributed by atoms with van der Waals surface area (Å²) in [6, 6.07) is 0.426. The summed E-state index contributed by atoms with van der Waals surface area (Å²) in [4.78, 5) is 0. The summed E-state index contributed by atoms with van der Waals surface area (Å²) < 4.78 is 0. The van der Waals surface area contributed by atoms with E-state index in [2.05, 4.69) is 70.4 Å². The van der Waals surface area contributed by atoms with Crippen LogP contribution in [0.15, 0.2) is 24.3 Å². The highest BCUT2D eigenvalue weighted by molar-refractivity contribution is 6.59. The predicted octanol–water partition coefficient (Wildman–Crippen LogP) is 4.68. The quantitative estimate of drug-likeness (QED) is 0.588. The summed E-state index contributed by atoms with van der Waals surface area (Å²) in [5.41, 5.74) is 0.556. The Kier molecular flexibility index (Phi) is 4.37. The molecule has 0 aromatic rings. The number of allylic oxidation sites excluding steroid dienone is 2. The molecule has 1 N–H and O–H groups in total. The standard InChI is InChI=1S/C18H33NSi/c1-16(2)17(3,19-15-11-7-8-12-15)13-9-10-14-18(16,4)20(5)6/h7-8,11-12,15,19-20H,9-10,13-14H2,1-6H3. The van der Waals surface area contributed by atoms with E-state index >= 15 is 0 Å². The molecular formula is C18H33NSi. The highest BCUT2D eigenvalue weighted by atomic mass is 28.3. The molecule has 0 aromatic heterocycles. The first-order valence-corrected chi connectivity index (χ1v) is 11.2. The van der Waals surface area contributed by atoms with Crippen molar-refractivity contribution in [2.75, 3.05) is 0 Å². The van der Waals surface area contributed by atoms with Gasteiger partial charge in [-0.1, -0.05) is 71.0 Å². The first-order chi connectivity index (χ1) is 9.23. The zero-order valence-electron chi connectivity index (χ0n) is 14.3. The molecule has 114 valence electrons. The van der Waals surface area contributed by atoms with Gasteiger partial charge in [0.25, 0.3) is 0 Å². The Bertz CT molecular complexity index is 398. The van der Waals surface area contributed by atoms with Crippen molar-refractivity contribution in [2.24, 2.45) is 5.41 Å². The monoisotopic (exact) mass is 291 g/mol. The van der Waals surface area contributed by atoms with Gasteiger partial charge in [0.1, 0.15) is 0 Å². The molecule has 0 aliphatic heterocycles. The molecule has 0 heterocycles. The molecule has 0 saturated heterocycles. The summed E-state index contributed by atoms with van der Waals surface area (Å²) >= 11 is 0. The molecular weight excluding hydrogens is 258 g/mol. The Morgan fingerprint density at radius 2 is 1.50 bits per heavy atom. The topological polar surface area (TPSA) is 12.0 Å². The normalized spacial score (nSPS) is 37.5. The van der Waals surface area contributed by atoms with Gasteiger partial charge in [0.05, 0.1) is 0 Å². The van der Waals surface area contributed by atoms with Crippen LogP contribution < -0.4 is 5.32 Å². The summed E-state index contributed by atoms with van der Waals surface area (Å²) in [7, 11) is -0.726. The minimum atomic E-state index is -0.726. The lowest BCUT2D eigenvalue weighted by molar-refractivity contribution is 0.0807. The van der Waals surface area contributed by atoms with E-state index in [4.69, 9.17) is 0 Å². The Labute approximate surface area is 127 Å². The van der Waals surface area contributed by atoms with Gasteiger partial charge in [0, 0.05) is 20.4 Å². The molecule has 0 amide bonds. The van der Waals surface area contributed by atoms with Gasteiger partial charge in [-0.15, -0.1) is 0 Å². The second-order valence-corrected chi connectivity index (χ2v) is 11.8. The van der Waals surface area contributed by atoms with Crippen LogP contribution in [0.3, 0.4) is 0 Å². The van der Waals surface area contributed by atoms with Crippen molar-refractivity contribution in [3.63, 3.8) is 0 Å². The molecule has 0 spiro atoms. The van der Waals surface area contributed by atoms with Gasteiger partial charge in [0.15, 0.2) is 0 Å². The third-order valence-corrected chi connectivity index (χ3v) is 10.5. The molecule has 0 bridgehead atoms. The molecule has 1 fully saturated rings. The van der Waals surface area contributed by atoms with Gasteiger partial charge in [-0.3, -0.25) is 0 Å². The maximum Gasteiger partial charge on any atom is 0.0446 e. The Morgan fingerprint density at radius 3 is 2.05 bits per heavy atom. The number of hydrogen-bond donors (Lipinski definition) is 1. The second-order valence-electron chi connectivity index (χ2n) is 8.18. The minimum absolute atomic E-state index is 0.221. The lowest BCUT2D eigenvalue weighted by Gasteiger charge is -2.56. The van der Waals surface area contributed by atoms with Crippen molar-refractivity contribution in [1.82, 2.24) is 5.32 Å². The molecule has 1 nitrogen and oxygen atoms in total. The molecule has 2 unspecified atom stereocenters. The highest BCUT2D eigenvalue weighted by Crippen LogP contribution is 2.60. The third kappa shape index (κ3) is 2.46. The smallest absolute Gasteiger partial charge is 0.0446 e. The summed E-state index contributed by atoms with van der Waals surface area (Å²) in [5.74, 6) is 0. The fourth-order valence-corrected chi connectivity index (χ4v) is 6.93. The average Bonchev–Trinajstić information content (AvgIpc) is 2.83. The van der Waals surface area contributed by atoms with Crippen molar-refractivity contribution in [3.05, 3.63) is 24.3 Å². The molecule has 2 aliphatic carbocycles. The van der Waals surface area contributed by atoms with Gasteiger partial charge in [-0.2, -0.15) is 0 Å². The van der Waals surface area contributed by atoms with Crippen LogP contribution in [0.4, 0.5) is 0 Å². The third-order valence-electron chi connectivity index (χ3n) is 6.94. The number of rotatable bonds is 3. The molecule has 0 aromatic carbocycles. The van der Waals surface area contributed by atoms with Crippen molar-refractivity contribution in [3.8, 4) is 0 Å². The maximum absolute atomic E-state index is 3.98. The Balaban J connectivity index is 2.34. The first-order valence-electron chi connectivity index (χ1n) is 8.36. The van der Waals surface area contributed by atoms with E-state index in [9.17, 15) is 0 Å². The summed E-state index contributed by atoms with van der Waals surface area (Å²) in [6.07, 6.45) is 14.4. The van der Waals surface area contributed by atoms with Crippen LogP contribution in [-0.4, -0.2) is 20.4 Å². The zero-order valence-corrected chi connectivity index (χ0v) is 15.4. The van der Waals surface area contributed by atoms with Gasteiger partial charge >= 0.3 is 0 Å². The Hall–Kier alpha value is -0.343. The number of hydrogen-bond acceptors (Lipinski definition) is 1. The summed E-state index contributed by atoms with van der Waals surface area (Å²) in [6.45, 7) is 15.2. The van der Waals surface area contributed by atoms with E-state index in [-0.39, 0.29) is 5.54 Å². The van der Waals surface area contributed by atoms with E-state index < -0.39 is 8.80 Å². The zero-order chi connectivity index (χ0) is 15.0. The first kappa shape index (κ1) is 16.0. The second kappa shape index (κ2) is 5.45. The van der Waals surface area contributed by atoms with Crippen LogP contribution in [0.1, 0.15) is 53.4 Å². The van der Waals surface area contributed by atoms with E-state index in [0.29, 0.717) is 16.5 Å². The van der Waals surface area contributed by atoms with Crippen LogP contribution in [-0.2, 0) is 0 Å². The van der Waals surface area contributed by atoms with Crippen LogP contribution >= 0.6 is 0 Å². The fraction of sp³-hybridized carbons (Fsp3) is 0.778. The van der Waals surface area contributed by atoms with Crippen LogP contribution in [0.25, 0.3) is 0 Å². The Morgan fingerprint density at radius 1 is 0.950 bits per heavy atom. The molecule has 1 saturated carbocycles. The highest BCUT2D eigenvalue weighted by Gasteiger charge is 2.54. The van der Waals surface area contributed by atoms with Crippen molar-refractivity contribution < 1.29 is 0 Å². The van der Waals surface area contributed by atoms with Gasteiger partial charge in [-0.05, 0) is 30.2 Å². The minimum Gasteiger partial charge on any atom is -0.301 e. The number of nitrogens with one attached hydrogen (secondary N) is 1. The summed E-state index contributed by atoms with van der Waals surface area (Å²) in [5, 5.41) is 4.51. The molecule has 2 heteroatoms. The van der Waals surface area contributed by atoms with Crippen LogP contribution in [0.2, 0.25) is 18.1 Å². The van der Waals surface area contributed by atoms with Crippen molar-refractivity contribution in [1.29, 1.82) is 0 Å². The van der Waals surface area contributed by atoms with Crippen LogP contribution in [0.5, 0.6) is 0 Å². The van der Waals surface area contributed by atoms with E-state index in [0.717, 1.165) is 0 Å². The van der Waals surface area contributed by atoms with E-state index in [1.807, 2.05) is 0 Å². The molecule has 2 atom stereocenters. The van der Waals surface area contributed by atoms with Gasteiger partial charge in [-0.25, -0.2) is 0 Å². The fourth-order valence-electron chi connectivity index (χ4n) is 4.38. The largest absolute Gasteiger partial charge is 0.301 e. The van der Waals surface area contributed by atoms with Crippen LogP contribution in [0, 0.1) is 5.41 Å². The lowest BCUT2D eigenvalue weighted by Crippen LogP contribution is -2.61. The molecule has 2 rings (SSSR count). The van der Waals surface area contributed by atoms with E-state index in [1.54, 1.807) is 0 Å². The lowest BCUT2D eigenvalue weighted by atomic mass is 9.64. The molecule has 20 heavy (non-hydrogen) atoms. The van der Waals surface area contributed by atoms with Gasteiger partial charge < -0.3 is 5.32 Å². The van der Waals surface area contributed by atoms with E-state index in [1.165, 1.54) is 25.7 Å². The SMILES string of the molecule is C[SiH](C)C1(C)CCCCC(C)(NC2C=CC=C2)C1(C)C. The molecule has 2 aliphatic rings. The molecule has 0 radical (unpaired) electrons. The average molecular weight is 292 g/mol.